The van der Waals surface area contributed by atoms with E-state index in [-0.39, 0.29) is 16.7 Å². The van der Waals surface area contributed by atoms with Crippen LogP contribution in [-0.4, -0.2) is 41.4 Å². The molecule has 0 unspecified atom stereocenters. The molecular formula is C13H15N5O2S2. The Morgan fingerprint density at radius 1 is 1.32 bits per heavy atom. The number of amides is 1. The molecule has 1 heterocycles. The van der Waals surface area contributed by atoms with Gasteiger partial charge in [0.05, 0.1) is 12.8 Å². The second kappa shape index (κ2) is 7.14. The molecular weight excluding hydrogens is 322 g/mol. The number of rotatable bonds is 3. The van der Waals surface area contributed by atoms with Gasteiger partial charge in [-0.15, -0.1) is 5.10 Å². The number of carbonyl (C=O) groups is 1. The minimum atomic E-state index is -0.318. The average molecular weight is 337 g/mol. The third kappa shape index (κ3) is 3.49. The summed E-state index contributed by atoms with van der Waals surface area (Å²) >= 11 is 6.25. The Morgan fingerprint density at radius 2 is 2.00 bits per heavy atom. The molecule has 0 saturated carbocycles. The molecule has 2 aromatic rings. The number of carbonyl (C=O) groups excluding carboxylic acids is 1. The van der Waals surface area contributed by atoms with Crippen LogP contribution in [0, 0.1) is 0 Å². The SMILES string of the molecule is CNC(=O)c1nn(-c2ccc(OC)cc2)sc1=NC(=S)NC. The van der Waals surface area contributed by atoms with Crippen molar-refractivity contribution in [2.75, 3.05) is 21.2 Å². The van der Waals surface area contributed by atoms with Gasteiger partial charge in [-0.3, -0.25) is 4.79 Å². The quantitative estimate of drug-likeness (QED) is 0.806. The highest BCUT2D eigenvalue weighted by molar-refractivity contribution is 7.80. The summed E-state index contributed by atoms with van der Waals surface area (Å²) in [6, 6.07) is 7.32. The standard InChI is InChI=1S/C13H15N5O2S2/c1-14-11(19)10-12(16-13(21)15-2)22-18(17-10)8-4-6-9(20-3)7-5-8/h4-7H,1-3H3,(H,14,19)(H,15,21). The van der Waals surface area contributed by atoms with Crippen molar-refractivity contribution in [1.29, 1.82) is 0 Å². The van der Waals surface area contributed by atoms with Crippen molar-refractivity contribution in [1.82, 2.24) is 19.8 Å². The summed E-state index contributed by atoms with van der Waals surface area (Å²) in [5.74, 6) is 0.426. The Labute approximate surface area is 136 Å². The van der Waals surface area contributed by atoms with Crippen LogP contribution < -0.4 is 20.0 Å². The number of ether oxygens (including phenoxy) is 1. The number of aromatic nitrogens is 2. The van der Waals surface area contributed by atoms with E-state index >= 15 is 0 Å². The van der Waals surface area contributed by atoms with Gasteiger partial charge in [-0.1, -0.05) is 0 Å². The third-order valence-corrected chi connectivity index (χ3v) is 3.94. The monoisotopic (exact) mass is 337 g/mol. The zero-order valence-corrected chi connectivity index (χ0v) is 13.9. The molecule has 0 atom stereocenters. The summed E-state index contributed by atoms with van der Waals surface area (Å²) in [6.45, 7) is 0. The lowest BCUT2D eigenvalue weighted by Gasteiger charge is -2.01. The van der Waals surface area contributed by atoms with Crippen LogP contribution in [0.5, 0.6) is 5.75 Å². The predicted molar refractivity (Wildman–Crippen MR) is 88.6 cm³/mol. The minimum Gasteiger partial charge on any atom is -0.497 e. The number of nitrogens with one attached hydrogen (secondary N) is 2. The van der Waals surface area contributed by atoms with E-state index in [4.69, 9.17) is 17.0 Å². The normalized spacial score (nSPS) is 11.1. The highest BCUT2D eigenvalue weighted by Crippen LogP contribution is 2.15. The second-order valence-corrected chi connectivity index (χ2v) is 5.36. The molecule has 9 heteroatoms. The summed E-state index contributed by atoms with van der Waals surface area (Å²) in [5, 5.41) is 9.87. The number of benzene rings is 1. The Morgan fingerprint density at radius 3 is 2.55 bits per heavy atom. The zero-order valence-electron chi connectivity index (χ0n) is 12.3. The Bertz CT molecular complexity index is 749. The fourth-order valence-electron chi connectivity index (χ4n) is 1.58. The molecule has 7 nitrogen and oxygen atoms in total. The first kappa shape index (κ1) is 16.1. The van der Waals surface area contributed by atoms with Crippen molar-refractivity contribution in [2.45, 2.75) is 0 Å². The molecule has 1 amide bonds. The zero-order chi connectivity index (χ0) is 16.1. The van der Waals surface area contributed by atoms with E-state index in [0.717, 1.165) is 11.4 Å². The topological polar surface area (TPSA) is 80.5 Å². The van der Waals surface area contributed by atoms with E-state index in [1.165, 1.54) is 11.5 Å². The van der Waals surface area contributed by atoms with Crippen LogP contribution in [0.3, 0.4) is 0 Å². The summed E-state index contributed by atoms with van der Waals surface area (Å²) in [5.41, 5.74) is 1.02. The highest BCUT2D eigenvalue weighted by atomic mass is 32.1. The highest BCUT2D eigenvalue weighted by Gasteiger charge is 2.14. The molecule has 0 aliphatic rings. The van der Waals surface area contributed by atoms with E-state index in [0.29, 0.717) is 4.67 Å². The maximum absolute atomic E-state index is 11.9. The largest absolute Gasteiger partial charge is 0.497 e. The van der Waals surface area contributed by atoms with Crippen LogP contribution in [0.1, 0.15) is 10.5 Å². The number of hydrogen-bond donors (Lipinski definition) is 2. The minimum absolute atomic E-state index is 0.223. The first-order valence-electron chi connectivity index (χ1n) is 6.32. The molecule has 0 fully saturated rings. The van der Waals surface area contributed by atoms with Crippen LogP contribution in [0.2, 0.25) is 0 Å². The van der Waals surface area contributed by atoms with Crippen molar-refractivity contribution in [3.05, 3.63) is 34.6 Å². The molecule has 0 bridgehead atoms. The maximum atomic E-state index is 11.9. The number of methoxy groups -OCH3 is 1. The summed E-state index contributed by atoms with van der Waals surface area (Å²) in [7, 11) is 4.81. The molecule has 22 heavy (non-hydrogen) atoms. The van der Waals surface area contributed by atoms with Gasteiger partial charge in [0.15, 0.2) is 15.5 Å². The molecule has 1 aromatic heterocycles. The first-order valence-corrected chi connectivity index (χ1v) is 7.50. The van der Waals surface area contributed by atoms with E-state index in [2.05, 4.69) is 20.7 Å². The lowest BCUT2D eigenvalue weighted by molar-refractivity contribution is 0.0956. The van der Waals surface area contributed by atoms with Crippen LogP contribution >= 0.6 is 23.8 Å². The van der Waals surface area contributed by atoms with Gasteiger partial charge < -0.3 is 15.4 Å². The third-order valence-electron chi connectivity index (χ3n) is 2.72. The van der Waals surface area contributed by atoms with Gasteiger partial charge in [0.2, 0.25) is 0 Å². The van der Waals surface area contributed by atoms with E-state index in [1.807, 2.05) is 24.3 Å². The molecule has 0 saturated heterocycles. The predicted octanol–water partition coefficient (Wildman–Crippen LogP) is 0.707. The van der Waals surface area contributed by atoms with Crippen LogP contribution in [0.25, 0.3) is 5.69 Å². The Hall–Kier alpha value is -2.26. The van der Waals surface area contributed by atoms with E-state index in [1.54, 1.807) is 25.3 Å². The van der Waals surface area contributed by atoms with Crippen molar-refractivity contribution in [3.8, 4) is 11.4 Å². The van der Waals surface area contributed by atoms with Gasteiger partial charge >= 0.3 is 0 Å². The smallest absolute Gasteiger partial charge is 0.274 e. The van der Waals surface area contributed by atoms with Crippen molar-refractivity contribution >= 4 is 34.8 Å². The van der Waals surface area contributed by atoms with Gasteiger partial charge in [0.1, 0.15) is 5.75 Å². The summed E-state index contributed by atoms with van der Waals surface area (Å²) in [4.78, 5) is 16.1. The van der Waals surface area contributed by atoms with Gasteiger partial charge in [0.25, 0.3) is 5.91 Å². The molecule has 0 aliphatic carbocycles. The fraction of sp³-hybridized carbons (Fsp3) is 0.231. The molecule has 2 rings (SSSR count). The number of thiocarbonyl (C=S) groups is 1. The van der Waals surface area contributed by atoms with Crippen molar-refractivity contribution in [3.63, 3.8) is 0 Å². The Kier molecular flexibility index (Phi) is 5.23. The van der Waals surface area contributed by atoms with E-state index in [9.17, 15) is 4.79 Å². The molecule has 2 N–H and O–H groups in total. The number of nitrogens with zero attached hydrogens (tertiary/aromatic N) is 3. The lowest BCUT2D eigenvalue weighted by Crippen LogP contribution is -2.26. The molecule has 116 valence electrons. The Balaban J connectivity index is 2.51. The fourth-order valence-corrected chi connectivity index (χ4v) is 2.60. The molecule has 0 aliphatic heterocycles. The van der Waals surface area contributed by atoms with Crippen LogP contribution in [0.15, 0.2) is 29.3 Å². The second-order valence-electron chi connectivity index (χ2n) is 4.06. The molecule has 0 spiro atoms. The molecule has 0 radical (unpaired) electrons. The van der Waals surface area contributed by atoms with Crippen LogP contribution in [-0.2, 0) is 0 Å². The number of hydrogen-bond acceptors (Lipinski definition) is 5. The van der Waals surface area contributed by atoms with E-state index < -0.39 is 0 Å². The van der Waals surface area contributed by atoms with Crippen molar-refractivity contribution in [2.24, 2.45) is 4.99 Å². The average Bonchev–Trinajstić information content (AvgIpc) is 2.97. The summed E-state index contributed by atoms with van der Waals surface area (Å²) < 4.78 is 7.17. The van der Waals surface area contributed by atoms with Gasteiger partial charge in [-0.25, -0.2) is 4.99 Å². The maximum Gasteiger partial charge on any atom is 0.274 e. The van der Waals surface area contributed by atoms with Crippen molar-refractivity contribution < 1.29 is 9.53 Å². The molecule has 1 aromatic carbocycles. The van der Waals surface area contributed by atoms with Gasteiger partial charge in [-0.2, -0.15) is 4.07 Å². The van der Waals surface area contributed by atoms with Gasteiger partial charge in [0, 0.05) is 14.1 Å². The van der Waals surface area contributed by atoms with Crippen LogP contribution in [0.4, 0.5) is 0 Å². The van der Waals surface area contributed by atoms with Gasteiger partial charge in [-0.05, 0) is 48.0 Å². The first-order chi connectivity index (χ1) is 10.6. The lowest BCUT2D eigenvalue weighted by atomic mass is 10.3. The summed E-state index contributed by atoms with van der Waals surface area (Å²) in [6.07, 6.45) is 0.